The van der Waals surface area contributed by atoms with Gasteiger partial charge in [0.1, 0.15) is 0 Å². The normalized spacial score (nSPS) is 57.0. The molecular formula is C5H9NO. The molecule has 1 saturated carbocycles. The Morgan fingerprint density at radius 1 is 1.57 bits per heavy atom. The summed E-state index contributed by atoms with van der Waals surface area (Å²) in [6, 6.07) is 0.397. The van der Waals surface area contributed by atoms with Crippen LogP contribution in [-0.2, 0) is 4.74 Å². The number of rotatable bonds is 0. The van der Waals surface area contributed by atoms with Crippen molar-refractivity contribution in [3.63, 3.8) is 0 Å². The average Bonchev–Trinajstić information content (AvgIpc) is 2.26. The minimum Gasteiger partial charge on any atom is -0.376 e. The zero-order valence-electron chi connectivity index (χ0n) is 4.13. The molecule has 7 heavy (non-hydrogen) atoms. The molecule has 0 aromatic carbocycles. The van der Waals surface area contributed by atoms with E-state index in [4.69, 9.17) is 10.5 Å². The predicted molar refractivity (Wildman–Crippen MR) is 25.8 cm³/mol. The van der Waals surface area contributed by atoms with Crippen LogP contribution >= 0.6 is 0 Å². The Morgan fingerprint density at radius 3 is 2.71 bits per heavy atom. The topological polar surface area (TPSA) is 35.2 Å². The van der Waals surface area contributed by atoms with Crippen molar-refractivity contribution in [2.75, 3.05) is 6.61 Å². The molecule has 2 heteroatoms. The fourth-order valence-corrected chi connectivity index (χ4v) is 1.30. The maximum Gasteiger partial charge on any atom is 0.0774 e. The van der Waals surface area contributed by atoms with Crippen molar-refractivity contribution in [2.45, 2.75) is 18.6 Å². The quantitative estimate of drug-likeness (QED) is 0.454. The lowest BCUT2D eigenvalue weighted by Gasteiger charge is -1.93. The highest BCUT2D eigenvalue weighted by Gasteiger charge is 2.52. The molecule has 0 spiro atoms. The molecule has 2 aliphatic rings. The Labute approximate surface area is 42.6 Å². The summed E-state index contributed by atoms with van der Waals surface area (Å²) in [5.41, 5.74) is 5.55. The van der Waals surface area contributed by atoms with Crippen molar-refractivity contribution < 1.29 is 4.74 Å². The Bertz CT molecular complexity index is 84.1. The second kappa shape index (κ2) is 1.01. The van der Waals surface area contributed by atoms with Crippen LogP contribution in [0, 0.1) is 5.92 Å². The van der Waals surface area contributed by atoms with Crippen LogP contribution in [0.2, 0.25) is 0 Å². The van der Waals surface area contributed by atoms with Crippen LogP contribution in [0.3, 0.4) is 0 Å². The summed E-state index contributed by atoms with van der Waals surface area (Å²) in [5, 5.41) is 0. The molecule has 2 nitrogen and oxygen atoms in total. The van der Waals surface area contributed by atoms with E-state index in [-0.39, 0.29) is 0 Å². The van der Waals surface area contributed by atoms with Gasteiger partial charge in [-0.3, -0.25) is 0 Å². The number of fused-ring (bicyclic) bond motifs is 1. The van der Waals surface area contributed by atoms with Crippen LogP contribution in [0.1, 0.15) is 6.42 Å². The molecule has 0 aromatic heterocycles. The van der Waals surface area contributed by atoms with Crippen molar-refractivity contribution in [2.24, 2.45) is 11.7 Å². The fourth-order valence-electron chi connectivity index (χ4n) is 1.30. The van der Waals surface area contributed by atoms with E-state index in [0.29, 0.717) is 12.1 Å². The minimum atomic E-state index is 0.397. The molecule has 1 aliphatic carbocycles. The lowest BCUT2D eigenvalue weighted by atomic mass is 10.3. The van der Waals surface area contributed by atoms with E-state index in [1.54, 1.807) is 0 Å². The minimum absolute atomic E-state index is 0.397. The molecule has 1 heterocycles. The van der Waals surface area contributed by atoms with Gasteiger partial charge in [-0.2, -0.15) is 0 Å². The highest BCUT2D eigenvalue weighted by molar-refractivity contribution is 5.05. The summed E-state index contributed by atoms with van der Waals surface area (Å²) in [5.74, 6) is 0.736. The van der Waals surface area contributed by atoms with Gasteiger partial charge in [-0.15, -0.1) is 0 Å². The third-order valence-electron chi connectivity index (χ3n) is 1.92. The third-order valence-corrected chi connectivity index (χ3v) is 1.92. The summed E-state index contributed by atoms with van der Waals surface area (Å²) in [4.78, 5) is 0. The van der Waals surface area contributed by atoms with E-state index in [1.807, 2.05) is 0 Å². The predicted octanol–water partition coefficient (Wildman–Crippen LogP) is -0.268. The summed E-state index contributed by atoms with van der Waals surface area (Å²) < 4.78 is 5.21. The van der Waals surface area contributed by atoms with Crippen molar-refractivity contribution >= 4 is 0 Å². The van der Waals surface area contributed by atoms with Gasteiger partial charge >= 0.3 is 0 Å². The number of nitrogens with two attached hydrogens (primary N) is 1. The first kappa shape index (κ1) is 3.87. The standard InChI is InChI=1S/C5H9NO/c6-4-3-1-2-7-5(3)4/h3-5H,1-2,6H2. The smallest absolute Gasteiger partial charge is 0.0774 e. The summed E-state index contributed by atoms with van der Waals surface area (Å²) in [7, 11) is 0. The van der Waals surface area contributed by atoms with Crippen LogP contribution < -0.4 is 5.73 Å². The Hall–Kier alpha value is -0.0800. The van der Waals surface area contributed by atoms with Gasteiger partial charge in [0.2, 0.25) is 0 Å². The molecule has 1 saturated heterocycles. The molecule has 0 amide bonds. The van der Waals surface area contributed by atoms with E-state index in [2.05, 4.69) is 0 Å². The van der Waals surface area contributed by atoms with Crippen LogP contribution in [-0.4, -0.2) is 18.8 Å². The first-order valence-electron chi connectivity index (χ1n) is 2.77. The van der Waals surface area contributed by atoms with E-state index in [1.165, 1.54) is 6.42 Å². The Morgan fingerprint density at radius 2 is 2.43 bits per heavy atom. The second-order valence-corrected chi connectivity index (χ2v) is 2.37. The van der Waals surface area contributed by atoms with Crippen LogP contribution in [0.5, 0.6) is 0 Å². The Kier molecular flexibility index (Phi) is 0.557. The van der Waals surface area contributed by atoms with Gasteiger partial charge in [-0.05, 0) is 6.42 Å². The van der Waals surface area contributed by atoms with Gasteiger partial charge < -0.3 is 10.5 Å². The number of hydrogen-bond acceptors (Lipinski definition) is 2. The fraction of sp³-hybridized carbons (Fsp3) is 1.00. The lowest BCUT2D eigenvalue weighted by molar-refractivity contribution is 0.150. The van der Waals surface area contributed by atoms with E-state index in [0.717, 1.165) is 12.5 Å². The molecule has 3 unspecified atom stereocenters. The molecule has 2 fully saturated rings. The van der Waals surface area contributed by atoms with Gasteiger partial charge in [0.25, 0.3) is 0 Å². The van der Waals surface area contributed by atoms with Gasteiger partial charge in [0.05, 0.1) is 6.10 Å². The Balaban J connectivity index is 2.06. The SMILES string of the molecule is NC1C2CCOC12. The molecular weight excluding hydrogens is 90.1 g/mol. The second-order valence-electron chi connectivity index (χ2n) is 2.37. The van der Waals surface area contributed by atoms with Crippen molar-refractivity contribution in [1.82, 2.24) is 0 Å². The molecule has 0 radical (unpaired) electrons. The third kappa shape index (κ3) is 0.359. The monoisotopic (exact) mass is 99.1 g/mol. The van der Waals surface area contributed by atoms with E-state index < -0.39 is 0 Å². The van der Waals surface area contributed by atoms with Gasteiger partial charge in [0.15, 0.2) is 0 Å². The van der Waals surface area contributed by atoms with Crippen molar-refractivity contribution in [3.8, 4) is 0 Å². The molecule has 0 aromatic rings. The van der Waals surface area contributed by atoms with Gasteiger partial charge in [-0.25, -0.2) is 0 Å². The molecule has 3 atom stereocenters. The van der Waals surface area contributed by atoms with Gasteiger partial charge in [0, 0.05) is 18.6 Å². The largest absolute Gasteiger partial charge is 0.376 e. The molecule has 40 valence electrons. The average molecular weight is 99.1 g/mol. The number of ether oxygens (including phenoxy) is 1. The van der Waals surface area contributed by atoms with E-state index in [9.17, 15) is 0 Å². The van der Waals surface area contributed by atoms with Crippen molar-refractivity contribution in [1.29, 1.82) is 0 Å². The first-order valence-corrected chi connectivity index (χ1v) is 2.77. The van der Waals surface area contributed by atoms with Crippen LogP contribution in [0.15, 0.2) is 0 Å². The zero-order valence-corrected chi connectivity index (χ0v) is 4.13. The summed E-state index contributed by atoms with van der Waals surface area (Å²) in [6.45, 7) is 0.947. The first-order chi connectivity index (χ1) is 3.39. The highest BCUT2D eigenvalue weighted by Crippen LogP contribution is 2.40. The highest BCUT2D eigenvalue weighted by atomic mass is 16.5. The van der Waals surface area contributed by atoms with Gasteiger partial charge in [-0.1, -0.05) is 0 Å². The van der Waals surface area contributed by atoms with Crippen LogP contribution in [0.4, 0.5) is 0 Å². The zero-order chi connectivity index (χ0) is 4.85. The summed E-state index contributed by atoms with van der Waals surface area (Å²) >= 11 is 0. The molecule has 1 aliphatic heterocycles. The maximum absolute atomic E-state index is 5.55. The lowest BCUT2D eigenvalue weighted by Crippen LogP contribution is -2.10. The summed E-state index contributed by atoms with van der Waals surface area (Å²) in [6.07, 6.45) is 1.66. The molecule has 0 bridgehead atoms. The van der Waals surface area contributed by atoms with Crippen molar-refractivity contribution in [3.05, 3.63) is 0 Å². The van der Waals surface area contributed by atoms with E-state index >= 15 is 0 Å². The molecule has 2 rings (SSSR count). The molecule has 2 N–H and O–H groups in total. The maximum atomic E-state index is 5.55. The van der Waals surface area contributed by atoms with Crippen LogP contribution in [0.25, 0.3) is 0 Å². The number of hydrogen-bond donors (Lipinski definition) is 1.